The van der Waals surface area contributed by atoms with E-state index in [1.165, 1.54) is 83.5 Å². The molecule has 0 heterocycles. The van der Waals surface area contributed by atoms with Gasteiger partial charge < -0.3 is 4.74 Å². The molecule has 0 aliphatic heterocycles. The first-order valence-corrected chi connectivity index (χ1v) is 13.1. The Morgan fingerprint density at radius 3 is 1.77 bits per heavy atom. The highest BCUT2D eigenvalue weighted by Gasteiger charge is 2.26. The summed E-state index contributed by atoms with van der Waals surface area (Å²) in [5.74, 6) is 2.00. The van der Waals surface area contributed by atoms with Crippen molar-refractivity contribution in [3.05, 3.63) is 0 Å². The Morgan fingerprint density at radius 1 is 0.710 bits per heavy atom. The lowest BCUT2D eigenvalue weighted by Gasteiger charge is -2.29. The number of hydrazine groups is 1. The minimum Gasteiger partial charge on any atom is -0.443 e. The van der Waals surface area contributed by atoms with Crippen LogP contribution >= 0.6 is 0 Å². The number of hydrogen-bond acceptors (Lipinski definition) is 4. The number of ether oxygens (including phenoxy) is 1. The van der Waals surface area contributed by atoms with Crippen LogP contribution in [0.15, 0.2) is 0 Å². The minimum atomic E-state index is -0.544. The van der Waals surface area contributed by atoms with Crippen molar-refractivity contribution < 1.29 is 14.3 Å². The molecule has 2 fully saturated rings. The summed E-state index contributed by atoms with van der Waals surface area (Å²) in [6, 6.07) is 0. The third-order valence-electron chi connectivity index (χ3n) is 7.14. The second kappa shape index (κ2) is 14.1. The largest absolute Gasteiger partial charge is 0.443 e. The fourth-order valence-corrected chi connectivity index (χ4v) is 5.44. The highest BCUT2D eigenvalue weighted by atomic mass is 16.6. The quantitative estimate of drug-likeness (QED) is 0.470. The van der Waals surface area contributed by atoms with Crippen LogP contribution in [-0.4, -0.2) is 24.0 Å². The standard InChI is InChI=1S/C26H48N2O3/c1-26(2,3)31-25(30)28-27-20-24(29)23-17-13-9-12-16-22(18-19-23)21-14-10-7-5-4-6-8-11-15-21/h21-23,27H,4-20H2,1-3H3,(H,28,30). The summed E-state index contributed by atoms with van der Waals surface area (Å²) in [5, 5.41) is 0. The van der Waals surface area contributed by atoms with Crippen LogP contribution in [0.2, 0.25) is 0 Å². The maximum atomic E-state index is 12.9. The predicted octanol–water partition coefficient (Wildman–Crippen LogP) is 6.70. The van der Waals surface area contributed by atoms with Crippen LogP contribution in [0.4, 0.5) is 4.79 Å². The van der Waals surface area contributed by atoms with Gasteiger partial charge in [0.15, 0.2) is 5.78 Å². The molecule has 0 radical (unpaired) electrons. The molecule has 2 atom stereocenters. The van der Waals surface area contributed by atoms with E-state index < -0.39 is 11.7 Å². The molecule has 0 aromatic rings. The van der Waals surface area contributed by atoms with Crippen molar-refractivity contribution in [1.82, 2.24) is 10.9 Å². The summed E-state index contributed by atoms with van der Waals surface area (Å²) in [6.45, 7) is 5.65. The van der Waals surface area contributed by atoms with Gasteiger partial charge in [0.05, 0.1) is 6.54 Å². The summed E-state index contributed by atoms with van der Waals surface area (Å²) in [7, 11) is 0. The molecule has 2 aliphatic carbocycles. The fourth-order valence-electron chi connectivity index (χ4n) is 5.44. The van der Waals surface area contributed by atoms with Crippen molar-refractivity contribution in [3.8, 4) is 0 Å². The highest BCUT2D eigenvalue weighted by Crippen LogP contribution is 2.36. The molecule has 5 heteroatoms. The zero-order valence-corrected chi connectivity index (χ0v) is 20.5. The zero-order chi connectivity index (χ0) is 22.5. The first kappa shape index (κ1) is 26.2. The van der Waals surface area contributed by atoms with Gasteiger partial charge in [-0.25, -0.2) is 10.2 Å². The van der Waals surface area contributed by atoms with Crippen LogP contribution in [0.5, 0.6) is 0 Å². The van der Waals surface area contributed by atoms with Crippen molar-refractivity contribution in [3.63, 3.8) is 0 Å². The van der Waals surface area contributed by atoms with Gasteiger partial charge in [0, 0.05) is 5.92 Å². The van der Waals surface area contributed by atoms with Gasteiger partial charge in [-0.05, 0) is 51.9 Å². The molecule has 0 aromatic heterocycles. The summed E-state index contributed by atoms with van der Waals surface area (Å²) in [4.78, 5) is 24.6. The molecule has 31 heavy (non-hydrogen) atoms. The van der Waals surface area contributed by atoms with Crippen molar-refractivity contribution in [1.29, 1.82) is 0 Å². The Kier molecular flexibility index (Phi) is 11.9. The number of carbonyl (C=O) groups excluding carboxylic acids is 2. The maximum Gasteiger partial charge on any atom is 0.422 e. The normalized spacial score (nSPS) is 25.5. The Hall–Kier alpha value is -1.10. The van der Waals surface area contributed by atoms with Crippen LogP contribution in [0.1, 0.15) is 124 Å². The molecule has 5 nitrogen and oxygen atoms in total. The van der Waals surface area contributed by atoms with Crippen molar-refractivity contribution in [2.24, 2.45) is 17.8 Å². The topological polar surface area (TPSA) is 67.4 Å². The van der Waals surface area contributed by atoms with Gasteiger partial charge in [0.2, 0.25) is 0 Å². The monoisotopic (exact) mass is 436 g/mol. The Morgan fingerprint density at radius 2 is 1.19 bits per heavy atom. The highest BCUT2D eigenvalue weighted by molar-refractivity contribution is 5.83. The molecule has 1 amide bonds. The molecule has 2 rings (SSSR count). The number of rotatable bonds is 5. The smallest absolute Gasteiger partial charge is 0.422 e. The summed E-state index contributed by atoms with van der Waals surface area (Å²) >= 11 is 0. The summed E-state index contributed by atoms with van der Waals surface area (Å²) in [5.41, 5.74) is 4.74. The number of hydrogen-bond donors (Lipinski definition) is 2. The van der Waals surface area contributed by atoms with Crippen molar-refractivity contribution >= 4 is 11.9 Å². The van der Waals surface area contributed by atoms with Crippen LogP contribution in [0.3, 0.4) is 0 Å². The number of Topliss-reactive ketones (excluding diaryl/α,β-unsaturated/α-hetero) is 1. The van der Waals surface area contributed by atoms with Crippen molar-refractivity contribution in [2.75, 3.05) is 6.54 Å². The summed E-state index contributed by atoms with van der Waals surface area (Å²) in [6.07, 6.45) is 20.4. The number of carbonyl (C=O) groups is 2. The van der Waals surface area contributed by atoms with E-state index in [4.69, 9.17) is 4.74 Å². The minimum absolute atomic E-state index is 0.119. The van der Waals surface area contributed by atoms with E-state index in [-0.39, 0.29) is 18.2 Å². The second-order valence-electron chi connectivity index (χ2n) is 10.9. The second-order valence-corrected chi connectivity index (χ2v) is 10.9. The molecule has 0 saturated heterocycles. The maximum absolute atomic E-state index is 12.9. The van der Waals surface area contributed by atoms with E-state index in [2.05, 4.69) is 10.9 Å². The number of nitrogens with one attached hydrogen (secondary N) is 2. The average molecular weight is 437 g/mol. The van der Waals surface area contributed by atoms with E-state index in [1.54, 1.807) is 0 Å². The van der Waals surface area contributed by atoms with E-state index in [1.807, 2.05) is 20.8 Å². The van der Waals surface area contributed by atoms with Gasteiger partial charge in [-0.1, -0.05) is 83.5 Å². The van der Waals surface area contributed by atoms with Gasteiger partial charge in [0.25, 0.3) is 0 Å². The molecule has 2 saturated carbocycles. The molecule has 0 aromatic carbocycles. The molecule has 2 N–H and O–H groups in total. The molecule has 0 spiro atoms. The SMILES string of the molecule is CC(C)(C)OC(=O)NNCC(=O)C1CCCCCC(C2CCCCCCCCC2)CC1. The van der Waals surface area contributed by atoms with Crippen LogP contribution in [-0.2, 0) is 9.53 Å². The molecule has 2 aliphatic rings. The van der Waals surface area contributed by atoms with Gasteiger partial charge in [-0.3, -0.25) is 10.2 Å². The fraction of sp³-hybridized carbons (Fsp3) is 0.923. The average Bonchev–Trinajstić information content (AvgIpc) is 2.82. The number of amides is 1. The van der Waals surface area contributed by atoms with E-state index in [0.29, 0.717) is 0 Å². The third-order valence-corrected chi connectivity index (χ3v) is 7.14. The third kappa shape index (κ3) is 11.4. The molecular formula is C26H48N2O3. The molecule has 180 valence electrons. The zero-order valence-electron chi connectivity index (χ0n) is 20.5. The predicted molar refractivity (Wildman–Crippen MR) is 127 cm³/mol. The Balaban J connectivity index is 1.82. The van der Waals surface area contributed by atoms with E-state index >= 15 is 0 Å². The molecule has 2 unspecified atom stereocenters. The lowest BCUT2D eigenvalue weighted by molar-refractivity contribution is -0.122. The van der Waals surface area contributed by atoms with Gasteiger partial charge >= 0.3 is 6.09 Å². The summed E-state index contributed by atoms with van der Waals surface area (Å²) < 4.78 is 5.21. The van der Waals surface area contributed by atoms with E-state index in [0.717, 1.165) is 31.1 Å². The molecule has 0 bridgehead atoms. The first-order valence-electron chi connectivity index (χ1n) is 13.1. The molecular weight excluding hydrogens is 388 g/mol. The van der Waals surface area contributed by atoms with Crippen LogP contribution in [0.25, 0.3) is 0 Å². The Bertz CT molecular complexity index is 519. The number of ketones is 1. The van der Waals surface area contributed by atoms with E-state index in [9.17, 15) is 9.59 Å². The first-order chi connectivity index (χ1) is 14.8. The lowest BCUT2D eigenvalue weighted by Crippen LogP contribution is -2.44. The van der Waals surface area contributed by atoms with Crippen LogP contribution < -0.4 is 10.9 Å². The lowest BCUT2D eigenvalue weighted by atomic mass is 9.77. The van der Waals surface area contributed by atoms with Gasteiger partial charge in [-0.2, -0.15) is 0 Å². The van der Waals surface area contributed by atoms with Gasteiger partial charge in [0.1, 0.15) is 5.60 Å². The Labute approximate surface area is 190 Å². The van der Waals surface area contributed by atoms with Crippen molar-refractivity contribution in [2.45, 2.75) is 129 Å². The van der Waals surface area contributed by atoms with Crippen LogP contribution in [0, 0.1) is 17.8 Å². The van der Waals surface area contributed by atoms with Gasteiger partial charge in [-0.15, -0.1) is 0 Å².